The minimum atomic E-state index is -1.10. The van der Waals surface area contributed by atoms with E-state index in [1.165, 1.54) is 18.3 Å². The van der Waals surface area contributed by atoms with Gasteiger partial charge in [-0.3, -0.25) is 4.79 Å². The molecule has 1 atom stereocenters. The van der Waals surface area contributed by atoms with Gasteiger partial charge in [0.1, 0.15) is 11.6 Å². The number of pyridine rings is 1. The van der Waals surface area contributed by atoms with Crippen LogP contribution < -0.4 is 10.2 Å². The van der Waals surface area contributed by atoms with Crippen LogP contribution in [0.4, 0.5) is 10.2 Å². The Morgan fingerprint density at radius 2 is 2.09 bits per heavy atom. The van der Waals surface area contributed by atoms with Crippen molar-refractivity contribution in [3.63, 3.8) is 0 Å². The number of hydrogen-bond acceptors (Lipinski definition) is 4. The first kappa shape index (κ1) is 15.9. The SMILES string of the molecule is CN(C)c1cc(C(=O)NC[C@H](O)c2ccccc2F)ccn1. The number of aliphatic hydroxyl groups is 1. The van der Waals surface area contributed by atoms with Crippen LogP contribution in [-0.2, 0) is 0 Å². The smallest absolute Gasteiger partial charge is 0.251 e. The summed E-state index contributed by atoms with van der Waals surface area (Å²) in [7, 11) is 3.65. The van der Waals surface area contributed by atoms with Gasteiger partial charge in [-0.2, -0.15) is 0 Å². The first-order chi connectivity index (χ1) is 10.5. The van der Waals surface area contributed by atoms with Crippen molar-refractivity contribution >= 4 is 11.7 Å². The predicted molar refractivity (Wildman–Crippen MR) is 82.3 cm³/mol. The fraction of sp³-hybridized carbons (Fsp3) is 0.250. The van der Waals surface area contributed by atoms with Crippen LogP contribution in [0.1, 0.15) is 22.0 Å². The summed E-state index contributed by atoms with van der Waals surface area (Å²) in [5, 5.41) is 12.6. The van der Waals surface area contributed by atoms with Crippen molar-refractivity contribution in [2.24, 2.45) is 0 Å². The molecule has 22 heavy (non-hydrogen) atoms. The molecule has 0 saturated carbocycles. The lowest BCUT2D eigenvalue weighted by Crippen LogP contribution is -2.29. The number of aromatic nitrogens is 1. The molecule has 1 aromatic heterocycles. The predicted octanol–water partition coefficient (Wildman–Crippen LogP) is 1.75. The van der Waals surface area contributed by atoms with Crippen LogP contribution in [0.15, 0.2) is 42.6 Å². The molecule has 0 aliphatic rings. The highest BCUT2D eigenvalue weighted by molar-refractivity contribution is 5.94. The second-order valence-corrected chi connectivity index (χ2v) is 5.04. The molecule has 6 heteroatoms. The van der Waals surface area contributed by atoms with E-state index in [1.807, 2.05) is 14.1 Å². The Bertz CT molecular complexity index is 661. The van der Waals surface area contributed by atoms with Crippen molar-refractivity contribution < 1.29 is 14.3 Å². The Hall–Kier alpha value is -2.47. The molecule has 1 amide bonds. The van der Waals surface area contributed by atoms with Gasteiger partial charge in [0.2, 0.25) is 0 Å². The number of carbonyl (C=O) groups is 1. The number of benzene rings is 1. The topological polar surface area (TPSA) is 65.5 Å². The zero-order valence-corrected chi connectivity index (χ0v) is 12.5. The summed E-state index contributed by atoms with van der Waals surface area (Å²) in [5.74, 6) is -0.189. The summed E-state index contributed by atoms with van der Waals surface area (Å²) in [5.41, 5.74) is 0.589. The lowest BCUT2D eigenvalue weighted by Gasteiger charge is -2.14. The number of aliphatic hydroxyl groups excluding tert-OH is 1. The standard InChI is InChI=1S/C16H18FN3O2/c1-20(2)15-9-11(7-8-18-15)16(22)19-10-14(21)12-5-3-4-6-13(12)17/h3-9,14,21H,10H2,1-2H3,(H,19,22)/t14-/m0/s1. The third-order valence-electron chi connectivity index (χ3n) is 3.19. The number of halogens is 1. The maximum absolute atomic E-state index is 13.5. The van der Waals surface area contributed by atoms with E-state index < -0.39 is 11.9 Å². The van der Waals surface area contributed by atoms with Gasteiger partial charge in [-0.1, -0.05) is 18.2 Å². The molecule has 0 saturated heterocycles. The van der Waals surface area contributed by atoms with Crippen molar-refractivity contribution in [3.8, 4) is 0 Å². The quantitative estimate of drug-likeness (QED) is 0.883. The second kappa shape index (κ2) is 7.00. The van der Waals surface area contributed by atoms with Crippen LogP contribution in [0, 0.1) is 5.82 Å². The van der Waals surface area contributed by atoms with Gasteiger partial charge < -0.3 is 15.3 Å². The van der Waals surface area contributed by atoms with Gasteiger partial charge >= 0.3 is 0 Å². The number of carbonyl (C=O) groups excluding carboxylic acids is 1. The summed E-state index contributed by atoms with van der Waals surface area (Å²) in [6.07, 6.45) is 0.442. The molecule has 1 heterocycles. The Labute approximate surface area is 128 Å². The number of hydrogen-bond donors (Lipinski definition) is 2. The van der Waals surface area contributed by atoms with Crippen LogP contribution in [0.25, 0.3) is 0 Å². The van der Waals surface area contributed by atoms with Gasteiger partial charge in [-0.25, -0.2) is 9.37 Å². The fourth-order valence-electron chi connectivity index (χ4n) is 1.95. The zero-order chi connectivity index (χ0) is 16.1. The van der Waals surface area contributed by atoms with E-state index in [4.69, 9.17) is 0 Å². The average molecular weight is 303 g/mol. The molecular formula is C16H18FN3O2. The largest absolute Gasteiger partial charge is 0.386 e. The van der Waals surface area contributed by atoms with Gasteiger partial charge in [0.15, 0.2) is 0 Å². The summed E-state index contributed by atoms with van der Waals surface area (Å²) in [6, 6.07) is 9.16. The molecule has 0 radical (unpaired) electrons. The summed E-state index contributed by atoms with van der Waals surface area (Å²) >= 11 is 0. The minimum absolute atomic E-state index is 0.0701. The van der Waals surface area contributed by atoms with E-state index in [9.17, 15) is 14.3 Å². The summed E-state index contributed by atoms with van der Waals surface area (Å²) in [4.78, 5) is 18.0. The van der Waals surface area contributed by atoms with Gasteiger partial charge in [0.25, 0.3) is 5.91 Å². The second-order valence-electron chi connectivity index (χ2n) is 5.04. The monoisotopic (exact) mass is 303 g/mol. The van der Waals surface area contributed by atoms with Gasteiger partial charge in [0, 0.05) is 38.0 Å². The third-order valence-corrected chi connectivity index (χ3v) is 3.19. The summed E-state index contributed by atoms with van der Waals surface area (Å²) in [6.45, 7) is -0.0701. The van der Waals surface area contributed by atoms with Crippen LogP contribution in [0.5, 0.6) is 0 Å². The van der Waals surface area contributed by atoms with Crippen LogP contribution >= 0.6 is 0 Å². The van der Waals surface area contributed by atoms with E-state index in [0.29, 0.717) is 11.4 Å². The van der Waals surface area contributed by atoms with E-state index in [2.05, 4.69) is 10.3 Å². The molecule has 0 spiro atoms. The minimum Gasteiger partial charge on any atom is -0.386 e. The molecular weight excluding hydrogens is 285 g/mol. The Kier molecular flexibility index (Phi) is 5.06. The van der Waals surface area contributed by atoms with Crippen molar-refractivity contribution in [3.05, 3.63) is 59.5 Å². The molecule has 0 fully saturated rings. The Morgan fingerprint density at radius 3 is 2.77 bits per heavy atom. The van der Waals surface area contributed by atoms with Crippen molar-refractivity contribution in [2.75, 3.05) is 25.5 Å². The molecule has 2 rings (SSSR count). The highest BCUT2D eigenvalue weighted by atomic mass is 19.1. The Balaban J connectivity index is 2.01. The Morgan fingerprint density at radius 1 is 1.36 bits per heavy atom. The van der Waals surface area contributed by atoms with E-state index in [0.717, 1.165) is 0 Å². The lowest BCUT2D eigenvalue weighted by molar-refractivity contribution is 0.0914. The average Bonchev–Trinajstić information content (AvgIpc) is 2.52. The number of nitrogens with zero attached hydrogens (tertiary/aromatic N) is 2. The van der Waals surface area contributed by atoms with E-state index in [-0.39, 0.29) is 18.0 Å². The highest BCUT2D eigenvalue weighted by Crippen LogP contribution is 2.16. The third kappa shape index (κ3) is 3.79. The number of amides is 1. The normalized spacial score (nSPS) is 11.8. The molecule has 5 nitrogen and oxygen atoms in total. The van der Waals surface area contributed by atoms with Crippen molar-refractivity contribution in [1.82, 2.24) is 10.3 Å². The number of anilines is 1. The zero-order valence-electron chi connectivity index (χ0n) is 12.5. The summed E-state index contributed by atoms with van der Waals surface area (Å²) < 4.78 is 13.5. The number of rotatable bonds is 5. The molecule has 0 aliphatic heterocycles. The van der Waals surface area contributed by atoms with Gasteiger partial charge in [-0.05, 0) is 18.2 Å². The van der Waals surface area contributed by atoms with E-state index >= 15 is 0 Å². The molecule has 1 aromatic carbocycles. The lowest BCUT2D eigenvalue weighted by atomic mass is 10.1. The molecule has 2 N–H and O–H groups in total. The van der Waals surface area contributed by atoms with Gasteiger partial charge in [0.05, 0.1) is 6.10 Å². The van der Waals surface area contributed by atoms with Crippen LogP contribution in [0.2, 0.25) is 0 Å². The maximum Gasteiger partial charge on any atom is 0.251 e. The van der Waals surface area contributed by atoms with Crippen LogP contribution in [-0.4, -0.2) is 36.6 Å². The first-order valence-electron chi connectivity index (χ1n) is 6.83. The fourth-order valence-corrected chi connectivity index (χ4v) is 1.95. The van der Waals surface area contributed by atoms with Crippen LogP contribution in [0.3, 0.4) is 0 Å². The number of nitrogens with one attached hydrogen (secondary N) is 1. The molecule has 0 unspecified atom stereocenters. The maximum atomic E-state index is 13.5. The highest BCUT2D eigenvalue weighted by Gasteiger charge is 2.14. The molecule has 116 valence electrons. The molecule has 0 bridgehead atoms. The molecule has 2 aromatic rings. The van der Waals surface area contributed by atoms with Crippen molar-refractivity contribution in [2.45, 2.75) is 6.10 Å². The van der Waals surface area contributed by atoms with Gasteiger partial charge in [-0.15, -0.1) is 0 Å². The van der Waals surface area contributed by atoms with E-state index in [1.54, 1.807) is 29.2 Å². The van der Waals surface area contributed by atoms with Crippen molar-refractivity contribution in [1.29, 1.82) is 0 Å². The molecule has 0 aliphatic carbocycles. The first-order valence-corrected chi connectivity index (χ1v) is 6.83.